The summed E-state index contributed by atoms with van der Waals surface area (Å²) >= 11 is 5.91. The maximum Gasteiger partial charge on any atom is 0.292 e. The van der Waals surface area contributed by atoms with Gasteiger partial charge in [0.25, 0.3) is 12.3 Å². The number of carbonyl (C=O) groups excluding carboxylic acids is 1. The van der Waals surface area contributed by atoms with Crippen molar-refractivity contribution >= 4 is 28.6 Å². The third-order valence-electron chi connectivity index (χ3n) is 5.42. The zero-order chi connectivity index (χ0) is 24.4. The zero-order valence-electron chi connectivity index (χ0n) is 17.8. The van der Waals surface area contributed by atoms with Crippen LogP contribution < -0.4 is 0 Å². The quantitative estimate of drug-likeness (QED) is 0.433. The van der Waals surface area contributed by atoms with Crippen molar-refractivity contribution in [2.75, 3.05) is 6.54 Å². The standard InChI is InChI=1S/C21H17ClF3N5O4/c1-21(2,32)20-29-13(17(24)25)16(34-20)19(31)30-4-3-10-12(27-7-26-10)14(30)18-28-11-6-8(22)5-9(23)15(11)33-18/h5-7,14,17,32H,3-4H2,1-2H3,(H,26,27)/t14-/m0/s1. The molecular formula is C21H17ClF3N5O4. The molecule has 0 aliphatic carbocycles. The number of hydrogen-bond donors (Lipinski definition) is 2. The molecule has 0 bridgehead atoms. The van der Waals surface area contributed by atoms with Crippen LogP contribution in [-0.2, 0) is 12.0 Å². The number of nitrogens with one attached hydrogen (secondary N) is 1. The predicted molar refractivity (Wildman–Crippen MR) is 111 cm³/mol. The van der Waals surface area contributed by atoms with Crippen molar-refractivity contribution in [2.45, 2.75) is 38.3 Å². The molecule has 0 fully saturated rings. The largest absolute Gasteiger partial charge is 0.435 e. The van der Waals surface area contributed by atoms with E-state index in [4.69, 9.17) is 20.4 Å². The van der Waals surface area contributed by atoms with Crippen molar-refractivity contribution in [3.8, 4) is 0 Å². The Labute approximate surface area is 194 Å². The van der Waals surface area contributed by atoms with Crippen molar-refractivity contribution < 1.29 is 31.9 Å². The molecular weight excluding hydrogens is 479 g/mol. The molecule has 4 heterocycles. The van der Waals surface area contributed by atoms with Crippen LogP contribution in [0.3, 0.4) is 0 Å². The number of H-pyrrole nitrogens is 1. The number of alkyl halides is 2. The summed E-state index contributed by atoms with van der Waals surface area (Å²) in [6, 6.07) is 1.38. The average molecular weight is 496 g/mol. The Hall–Kier alpha value is -3.38. The Morgan fingerprint density at radius 3 is 2.79 bits per heavy atom. The van der Waals surface area contributed by atoms with Crippen molar-refractivity contribution in [1.82, 2.24) is 24.8 Å². The second-order valence-corrected chi connectivity index (χ2v) is 8.73. The lowest BCUT2D eigenvalue weighted by atomic mass is 10.0. The fraction of sp³-hybridized carbons (Fsp3) is 0.333. The third kappa shape index (κ3) is 3.62. The van der Waals surface area contributed by atoms with E-state index in [1.165, 1.54) is 31.1 Å². The SMILES string of the molecule is CC(C)(O)c1nc(C(F)F)c(C(=O)N2CCc3[nH]cnc3[C@H]2c2nc3cc(Cl)cc(F)c3o2)o1. The van der Waals surface area contributed by atoms with Gasteiger partial charge in [-0.1, -0.05) is 11.6 Å². The molecule has 0 unspecified atom stereocenters. The molecule has 1 amide bonds. The van der Waals surface area contributed by atoms with Crippen LogP contribution in [0, 0.1) is 5.82 Å². The van der Waals surface area contributed by atoms with Crippen LogP contribution in [0.4, 0.5) is 13.2 Å². The molecule has 34 heavy (non-hydrogen) atoms. The number of aromatic amines is 1. The van der Waals surface area contributed by atoms with E-state index in [-0.39, 0.29) is 28.6 Å². The third-order valence-corrected chi connectivity index (χ3v) is 5.64. The van der Waals surface area contributed by atoms with Crippen LogP contribution in [0.1, 0.15) is 65.7 Å². The Balaban J connectivity index is 1.64. The van der Waals surface area contributed by atoms with Crippen molar-refractivity contribution in [2.24, 2.45) is 0 Å². The molecule has 178 valence electrons. The van der Waals surface area contributed by atoms with Gasteiger partial charge in [0.1, 0.15) is 11.1 Å². The van der Waals surface area contributed by atoms with E-state index in [9.17, 15) is 23.1 Å². The molecule has 1 aliphatic rings. The molecule has 13 heteroatoms. The molecule has 1 aliphatic heterocycles. The number of aliphatic hydroxyl groups is 1. The van der Waals surface area contributed by atoms with Crippen molar-refractivity contribution in [3.05, 3.63) is 63.9 Å². The molecule has 0 radical (unpaired) electrons. The van der Waals surface area contributed by atoms with Gasteiger partial charge in [0.05, 0.1) is 12.0 Å². The van der Waals surface area contributed by atoms with E-state index < -0.39 is 47.1 Å². The molecule has 4 aromatic rings. The van der Waals surface area contributed by atoms with Gasteiger partial charge in [-0.15, -0.1) is 0 Å². The molecule has 5 rings (SSSR count). The number of halogens is 4. The summed E-state index contributed by atoms with van der Waals surface area (Å²) in [6.07, 6.45) is -1.39. The zero-order valence-corrected chi connectivity index (χ0v) is 18.5. The van der Waals surface area contributed by atoms with Gasteiger partial charge in [0.2, 0.25) is 17.5 Å². The van der Waals surface area contributed by atoms with Crippen molar-refractivity contribution in [1.29, 1.82) is 0 Å². The van der Waals surface area contributed by atoms with Gasteiger partial charge in [-0.2, -0.15) is 0 Å². The van der Waals surface area contributed by atoms with Crippen LogP contribution in [0.5, 0.6) is 0 Å². The highest BCUT2D eigenvalue weighted by atomic mass is 35.5. The molecule has 1 atom stereocenters. The number of benzene rings is 1. The van der Waals surface area contributed by atoms with Gasteiger partial charge in [-0.25, -0.2) is 28.1 Å². The number of hydrogen-bond acceptors (Lipinski definition) is 7. The molecule has 0 spiro atoms. The molecule has 2 N–H and O–H groups in total. The number of imidazole rings is 1. The van der Waals surface area contributed by atoms with Gasteiger partial charge in [0, 0.05) is 23.7 Å². The number of nitrogens with zero attached hydrogens (tertiary/aromatic N) is 4. The van der Waals surface area contributed by atoms with E-state index >= 15 is 0 Å². The van der Waals surface area contributed by atoms with Gasteiger partial charge >= 0.3 is 0 Å². The summed E-state index contributed by atoms with van der Waals surface area (Å²) < 4.78 is 52.8. The molecule has 0 saturated carbocycles. The predicted octanol–water partition coefficient (Wildman–Crippen LogP) is 4.28. The van der Waals surface area contributed by atoms with Gasteiger partial charge in [0.15, 0.2) is 23.1 Å². The first kappa shape index (κ1) is 22.4. The first-order valence-corrected chi connectivity index (χ1v) is 10.5. The van der Waals surface area contributed by atoms with Gasteiger partial charge < -0.3 is 23.8 Å². The van der Waals surface area contributed by atoms with E-state index in [2.05, 4.69) is 19.9 Å². The molecule has 0 saturated heterocycles. The summed E-state index contributed by atoms with van der Waals surface area (Å²) in [5, 5.41) is 10.3. The first-order valence-electron chi connectivity index (χ1n) is 10.1. The summed E-state index contributed by atoms with van der Waals surface area (Å²) in [5.41, 5.74) is -1.61. The topological polar surface area (TPSA) is 121 Å². The lowest BCUT2D eigenvalue weighted by molar-refractivity contribution is 0.0436. The summed E-state index contributed by atoms with van der Waals surface area (Å²) in [7, 11) is 0. The normalized spacial score (nSPS) is 16.5. The fourth-order valence-corrected chi connectivity index (χ4v) is 4.06. The number of rotatable bonds is 4. The Morgan fingerprint density at radius 2 is 2.09 bits per heavy atom. The van der Waals surface area contributed by atoms with E-state index in [0.29, 0.717) is 17.8 Å². The lowest BCUT2D eigenvalue weighted by Crippen LogP contribution is -2.41. The highest BCUT2D eigenvalue weighted by Crippen LogP contribution is 2.38. The Bertz CT molecular complexity index is 1410. The van der Waals surface area contributed by atoms with E-state index in [1.807, 2.05) is 0 Å². The minimum atomic E-state index is -3.14. The molecule has 3 aromatic heterocycles. The number of aromatic nitrogens is 4. The summed E-state index contributed by atoms with van der Waals surface area (Å²) in [5.74, 6) is -2.92. The summed E-state index contributed by atoms with van der Waals surface area (Å²) in [4.78, 5) is 29.8. The lowest BCUT2D eigenvalue weighted by Gasteiger charge is -2.32. The highest BCUT2D eigenvalue weighted by Gasteiger charge is 2.42. The maximum atomic E-state index is 14.4. The van der Waals surface area contributed by atoms with Crippen LogP contribution in [0.25, 0.3) is 11.1 Å². The van der Waals surface area contributed by atoms with Crippen LogP contribution in [-0.4, -0.2) is 42.4 Å². The van der Waals surface area contributed by atoms with E-state index in [1.54, 1.807) is 0 Å². The number of carbonyl (C=O) groups is 1. The highest BCUT2D eigenvalue weighted by molar-refractivity contribution is 6.31. The first-order chi connectivity index (χ1) is 16.0. The molecule has 1 aromatic carbocycles. The smallest absolute Gasteiger partial charge is 0.292 e. The average Bonchev–Trinajstić information content (AvgIpc) is 3.49. The van der Waals surface area contributed by atoms with Gasteiger partial charge in [-0.3, -0.25) is 4.79 Å². The van der Waals surface area contributed by atoms with E-state index in [0.717, 1.165) is 6.07 Å². The summed E-state index contributed by atoms with van der Waals surface area (Å²) in [6.45, 7) is 2.64. The van der Waals surface area contributed by atoms with Crippen LogP contribution in [0.2, 0.25) is 5.02 Å². The Kier molecular flexibility index (Phi) is 5.17. The van der Waals surface area contributed by atoms with Crippen LogP contribution in [0.15, 0.2) is 27.3 Å². The minimum absolute atomic E-state index is 0.0574. The number of amides is 1. The number of fused-ring (bicyclic) bond motifs is 2. The second kappa shape index (κ2) is 7.84. The fourth-order valence-electron chi connectivity index (χ4n) is 3.86. The van der Waals surface area contributed by atoms with Crippen molar-refractivity contribution in [3.63, 3.8) is 0 Å². The minimum Gasteiger partial charge on any atom is -0.435 e. The monoisotopic (exact) mass is 495 g/mol. The Morgan fingerprint density at radius 1 is 1.32 bits per heavy atom. The number of oxazole rings is 2. The van der Waals surface area contributed by atoms with Gasteiger partial charge in [-0.05, 0) is 26.0 Å². The second-order valence-electron chi connectivity index (χ2n) is 8.30. The maximum absolute atomic E-state index is 14.4. The molecule has 9 nitrogen and oxygen atoms in total. The van der Waals surface area contributed by atoms with Crippen LogP contribution >= 0.6 is 11.6 Å².